The first-order valence-electron chi connectivity index (χ1n) is 7.74. The van der Waals surface area contributed by atoms with Crippen molar-refractivity contribution < 1.29 is 24.2 Å². The molecule has 0 aromatic heterocycles. The van der Waals surface area contributed by atoms with Gasteiger partial charge >= 0.3 is 5.97 Å². The fourth-order valence-electron chi connectivity index (χ4n) is 3.18. The minimum absolute atomic E-state index is 0.167. The Bertz CT molecular complexity index is 697. The number of aliphatic hydroxyl groups excluding tert-OH is 1. The van der Waals surface area contributed by atoms with Crippen LogP contribution in [0.2, 0.25) is 0 Å². The van der Waals surface area contributed by atoms with E-state index in [1.165, 1.54) is 18.1 Å². The number of esters is 1. The van der Waals surface area contributed by atoms with Gasteiger partial charge in [0.25, 0.3) is 0 Å². The predicted molar refractivity (Wildman–Crippen MR) is 86.3 cm³/mol. The lowest BCUT2D eigenvalue weighted by atomic mass is 9.88. The van der Waals surface area contributed by atoms with Crippen LogP contribution in [0.5, 0.6) is 0 Å². The first-order valence-corrected chi connectivity index (χ1v) is 7.74. The lowest BCUT2D eigenvalue weighted by Crippen LogP contribution is -2.62. The van der Waals surface area contributed by atoms with Crippen molar-refractivity contribution in [1.82, 2.24) is 4.90 Å². The van der Waals surface area contributed by atoms with Crippen molar-refractivity contribution in [2.24, 2.45) is 0 Å². The number of nitrogens with zero attached hydrogens (tertiary/aromatic N) is 1. The molecule has 1 aromatic rings. The monoisotopic (exact) mass is 329 g/mol. The molecule has 2 fully saturated rings. The van der Waals surface area contributed by atoms with Gasteiger partial charge in [0, 0.05) is 6.42 Å². The van der Waals surface area contributed by atoms with Crippen LogP contribution >= 0.6 is 0 Å². The molecule has 2 heterocycles. The summed E-state index contributed by atoms with van der Waals surface area (Å²) in [7, 11) is 1.28. The Morgan fingerprint density at radius 2 is 2.21 bits per heavy atom. The Morgan fingerprint density at radius 1 is 1.46 bits per heavy atom. The molecule has 1 aromatic carbocycles. The number of methoxy groups -OCH3 is 1. The highest BCUT2D eigenvalue weighted by Crippen LogP contribution is 2.46. The van der Waals surface area contributed by atoms with Crippen LogP contribution in [0.25, 0.3) is 6.08 Å². The second-order valence-electron chi connectivity index (χ2n) is 5.66. The minimum atomic E-state index is -1.34. The van der Waals surface area contributed by atoms with Gasteiger partial charge in [-0.25, -0.2) is 4.79 Å². The number of aliphatic hydroxyl groups is 1. The molecule has 0 aliphatic carbocycles. The van der Waals surface area contributed by atoms with Crippen LogP contribution in [0.15, 0.2) is 48.2 Å². The highest BCUT2D eigenvalue weighted by Gasteiger charge is 2.64. The number of β-lactam (4-membered cyclic amide) rings is 1. The van der Waals surface area contributed by atoms with E-state index in [2.05, 4.69) is 0 Å². The van der Waals surface area contributed by atoms with E-state index < -0.39 is 17.7 Å². The molecule has 6 nitrogen and oxygen atoms in total. The molecule has 1 unspecified atom stereocenters. The molecular formula is C18H19NO5. The van der Waals surface area contributed by atoms with Gasteiger partial charge in [-0.05, 0) is 11.6 Å². The average Bonchev–Trinajstić information content (AvgIpc) is 2.84. The second-order valence-corrected chi connectivity index (χ2v) is 5.66. The van der Waals surface area contributed by atoms with E-state index in [-0.39, 0.29) is 31.1 Å². The molecule has 2 saturated heterocycles. The molecule has 3 rings (SSSR count). The number of amides is 1. The molecule has 1 amide bonds. The normalized spacial score (nSPS) is 27.1. The van der Waals surface area contributed by atoms with Gasteiger partial charge in [-0.3, -0.25) is 9.69 Å². The summed E-state index contributed by atoms with van der Waals surface area (Å²) in [5, 5.41) is 9.25. The Hall–Kier alpha value is -2.60. The molecule has 0 bridgehead atoms. The van der Waals surface area contributed by atoms with Crippen LogP contribution in [0.3, 0.4) is 0 Å². The number of benzene rings is 1. The van der Waals surface area contributed by atoms with Crippen LogP contribution in [0, 0.1) is 0 Å². The van der Waals surface area contributed by atoms with Gasteiger partial charge in [-0.2, -0.15) is 0 Å². The van der Waals surface area contributed by atoms with E-state index >= 15 is 0 Å². The third-order valence-corrected chi connectivity index (χ3v) is 4.31. The summed E-state index contributed by atoms with van der Waals surface area (Å²) < 4.78 is 10.6. The Balaban J connectivity index is 1.94. The molecule has 2 atom stereocenters. The van der Waals surface area contributed by atoms with Gasteiger partial charge in [-0.1, -0.05) is 42.5 Å². The summed E-state index contributed by atoms with van der Waals surface area (Å²) in [6, 6.07) is 9.63. The predicted octanol–water partition coefficient (Wildman–Crippen LogP) is 1.47. The Kier molecular flexibility index (Phi) is 4.40. The van der Waals surface area contributed by atoms with Crippen molar-refractivity contribution in [1.29, 1.82) is 0 Å². The average molecular weight is 329 g/mol. The standard InChI is InChI=1S/C18H19NO5/c1-23-17(22)18(10-5-8-13-6-3-2-4-7-13)14(9-11-20)24-16-12-15(21)19(16)18/h2-9,16,20H,10-12H2,1H3/b8-5+,14-9-/t16-,18?/m1/s1. The smallest absolute Gasteiger partial charge is 0.340 e. The van der Waals surface area contributed by atoms with Crippen LogP contribution in [-0.4, -0.2) is 47.4 Å². The largest absolute Gasteiger partial charge is 0.471 e. The van der Waals surface area contributed by atoms with E-state index in [1.54, 1.807) is 0 Å². The summed E-state index contributed by atoms with van der Waals surface area (Å²) in [6.07, 6.45) is 5.07. The molecule has 0 saturated carbocycles. The van der Waals surface area contributed by atoms with E-state index in [4.69, 9.17) is 9.47 Å². The zero-order valence-corrected chi connectivity index (χ0v) is 13.3. The molecular weight excluding hydrogens is 310 g/mol. The summed E-state index contributed by atoms with van der Waals surface area (Å²) >= 11 is 0. The van der Waals surface area contributed by atoms with Crippen molar-refractivity contribution >= 4 is 18.0 Å². The number of fused-ring (bicyclic) bond motifs is 1. The molecule has 1 N–H and O–H groups in total. The second kappa shape index (κ2) is 6.49. The quantitative estimate of drug-likeness (QED) is 0.654. The third-order valence-electron chi connectivity index (χ3n) is 4.31. The number of rotatable bonds is 5. The van der Waals surface area contributed by atoms with Gasteiger partial charge in [0.05, 0.1) is 20.1 Å². The third kappa shape index (κ3) is 2.49. The first kappa shape index (κ1) is 16.3. The molecule has 0 radical (unpaired) electrons. The maximum Gasteiger partial charge on any atom is 0.340 e. The van der Waals surface area contributed by atoms with Crippen molar-refractivity contribution in [2.45, 2.75) is 24.6 Å². The van der Waals surface area contributed by atoms with Crippen molar-refractivity contribution in [3.63, 3.8) is 0 Å². The highest BCUT2D eigenvalue weighted by molar-refractivity contribution is 5.95. The summed E-state index contributed by atoms with van der Waals surface area (Å²) in [6.45, 7) is -0.286. The maximum atomic E-state index is 12.5. The van der Waals surface area contributed by atoms with E-state index in [0.29, 0.717) is 0 Å². The van der Waals surface area contributed by atoms with E-state index in [1.807, 2.05) is 42.5 Å². The van der Waals surface area contributed by atoms with Crippen molar-refractivity contribution in [2.75, 3.05) is 13.7 Å². The molecule has 2 aliphatic heterocycles. The summed E-state index contributed by atoms with van der Waals surface area (Å²) in [5.74, 6) is -0.472. The lowest BCUT2D eigenvalue weighted by Gasteiger charge is -2.40. The van der Waals surface area contributed by atoms with E-state index in [0.717, 1.165) is 5.56 Å². The molecule has 24 heavy (non-hydrogen) atoms. The van der Waals surface area contributed by atoms with Crippen LogP contribution in [0.4, 0.5) is 0 Å². The Labute approximate surface area is 140 Å². The Morgan fingerprint density at radius 3 is 2.83 bits per heavy atom. The fraction of sp³-hybridized carbons (Fsp3) is 0.333. The van der Waals surface area contributed by atoms with Gasteiger partial charge in [0.1, 0.15) is 5.76 Å². The highest BCUT2D eigenvalue weighted by atomic mass is 16.6. The van der Waals surface area contributed by atoms with Crippen LogP contribution < -0.4 is 0 Å². The summed E-state index contributed by atoms with van der Waals surface area (Å²) in [4.78, 5) is 26.0. The SMILES string of the molecule is COC(=O)C1(C/C=C/c2ccccc2)/C(=C/CO)O[C@@H]2CC(=O)N21. The fourth-order valence-corrected chi connectivity index (χ4v) is 3.18. The molecule has 6 heteroatoms. The van der Waals surface area contributed by atoms with Gasteiger partial charge < -0.3 is 14.6 Å². The van der Waals surface area contributed by atoms with Crippen molar-refractivity contribution in [3.8, 4) is 0 Å². The van der Waals surface area contributed by atoms with Gasteiger partial charge in [-0.15, -0.1) is 0 Å². The zero-order valence-electron chi connectivity index (χ0n) is 13.3. The number of carbonyl (C=O) groups excluding carboxylic acids is 2. The number of carbonyl (C=O) groups is 2. The number of hydrogen-bond acceptors (Lipinski definition) is 5. The minimum Gasteiger partial charge on any atom is -0.471 e. The van der Waals surface area contributed by atoms with E-state index in [9.17, 15) is 14.7 Å². The first-order chi connectivity index (χ1) is 11.6. The van der Waals surface area contributed by atoms with Crippen LogP contribution in [-0.2, 0) is 19.1 Å². The molecule has 2 aliphatic rings. The van der Waals surface area contributed by atoms with Gasteiger partial charge in [0.15, 0.2) is 6.23 Å². The molecule has 126 valence electrons. The molecule has 0 spiro atoms. The topological polar surface area (TPSA) is 76.1 Å². The summed E-state index contributed by atoms with van der Waals surface area (Å²) in [5.41, 5.74) is -0.362. The van der Waals surface area contributed by atoms with Gasteiger partial charge in [0.2, 0.25) is 11.4 Å². The lowest BCUT2D eigenvalue weighted by molar-refractivity contribution is -0.171. The van der Waals surface area contributed by atoms with Crippen molar-refractivity contribution in [3.05, 3.63) is 53.8 Å². The van der Waals surface area contributed by atoms with Crippen LogP contribution in [0.1, 0.15) is 18.4 Å². The maximum absolute atomic E-state index is 12.5. The number of ether oxygens (including phenoxy) is 2. The number of hydrogen-bond donors (Lipinski definition) is 1. The zero-order chi connectivity index (χ0) is 17.2.